The molecule has 0 amide bonds. The molecule has 0 aromatic heterocycles. The summed E-state index contributed by atoms with van der Waals surface area (Å²) in [4.78, 5) is 0. The van der Waals surface area contributed by atoms with Crippen LogP contribution in [0.3, 0.4) is 0 Å². The summed E-state index contributed by atoms with van der Waals surface area (Å²) in [6.07, 6.45) is 2.02. The Hall–Kier alpha value is -0.980. The van der Waals surface area contributed by atoms with Crippen molar-refractivity contribution in [3.05, 3.63) is 34.9 Å². The van der Waals surface area contributed by atoms with Crippen molar-refractivity contribution in [2.24, 2.45) is 0 Å². The van der Waals surface area contributed by atoms with E-state index in [2.05, 4.69) is 29.7 Å². The monoisotopic (exact) mass is 190 g/mol. The lowest BCUT2D eigenvalue weighted by Crippen LogP contribution is -2.06. The van der Waals surface area contributed by atoms with Crippen molar-refractivity contribution >= 4 is 12.8 Å². The first kappa shape index (κ1) is 8.61. The Bertz CT molecular complexity index is 368. The molecule has 0 saturated heterocycles. The quantitative estimate of drug-likeness (QED) is 0.664. The highest BCUT2D eigenvalue weighted by Gasteiger charge is 2.22. The van der Waals surface area contributed by atoms with Gasteiger partial charge in [-0.1, -0.05) is 24.9 Å². The maximum atomic E-state index is 8.87. The molecule has 3 heteroatoms. The highest BCUT2D eigenvalue weighted by Crippen LogP contribution is 2.33. The molecular weight excluding hydrogens is 180 g/mol. The van der Waals surface area contributed by atoms with Crippen molar-refractivity contribution in [1.29, 1.82) is 5.26 Å². The van der Waals surface area contributed by atoms with E-state index in [4.69, 9.17) is 5.26 Å². The summed E-state index contributed by atoms with van der Waals surface area (Å²) in [5.74, 6) is 0. The summed E-state index contributed by atoms with van der Waals surface area (Å²) >= 11 is 4.07. The Morgan fingerprint density at radius 3 is 3.08 bits per heavy atom. The number of nitrogens with one attached hydrogen (secondary N) is 1. The van der Waals surface area contributed by atoms with Crippen molar-refractivity contribution in [3.8, 4) is 6.07 Å². The molecule has 1 aliphatic rings. The van der Waals surface area contributed by atoms with Gasteiger partial charge in [0.05, 0.1) is 11.6 Å². The van der Waals surface area contributed by atoms with Gasteiger partial charge in [-0.25, -0.2) is 0 Å². The molecule has 66 valence electrons. The molecule has 1 N–H and O–H groups in total. The first-order valence-electron chi connectivity index (χ1n) is 4.28. The molecule has 0 fully saturated rings. The highest BCUT2D eigenvalue weighted by molar-refractivity contribution is 7.78. The zero-order chi connectivity index (χ0) is 9.26. The Balaban J connectivity index is 2.50. The minimum absolute atomic E-state index is 0.312. The molecule has 0 spiro atoms. The summed E-state index contributed by atoms with van der Waals surface area (Å²) in [6, 6.07) is 8.40. The molecule has 0 aliphatic heterocycles. The number of nitrogens with zero attached hydrogens (tertiary/aromatic N) is 1. The zero-order valence-electron chi connectivity index (χ0n) is 7.12. The second-order valence-electron chi connectivity index (χ2n) is 3.21. The van der Waals surface area contributed by atoms with Crippen LogP contribution in [0.25, 0.3) is 0 Å². The summed E-state index contributed by atoms with van der Waals surface area (Å²) in [6.45, 7) is 0. The fourth-order valence-electron chi connectivity index (χ4n) is 1.89. The van der Waals surface area contributed by atoms with E-state index >= 15 is 0 Å². The maximum absolute atomic E-state index is 8.87. The van der Waals surface area contributed by atoms with Crippen molar-refractivity contribution in [3.63, 3.8) is 0 Å². The lowest BCUT2D eigenvalue weighted by molar-refractivity contribution is 0.670. The fraction of sp³-hybridized carbons (Fsp3) is 0.300. The van der Waals surface area contributed by atoms with E-state index < -0.39 is 0 Å². The first-order valence-corrected chi connectivity index (χ1v) is 4.73. The van der Waals surface area contributed by atoms with Crippen LogP contribution in [0.15, 0.2) is 18.2 Å². The van der Waals surface area contributed by atoms with Gasteiger partial charge in [0.2, 0.25) is 0 Å². The number of hydrogen-bond donors (Lipinski definition) is 2. The van der Waals surface area contributed by atoms with Crippen LogP contribution < -0.4 is 4.72 Å². The van der Waals surface area contributed by atoms with Gasteiger partial charge in [0.25, 0.3) is 0 Å². The second-order valence-corrected chi connectivity index (χ2v) is 3.46. The number of hydrogen-bond acceptors (Lipinski definition) is 3. The Kier molecular flexibility index (Phi) is 2.26. The van der Waals surface area contributed by atoms with Gasteiger partial charge < -0.3 is 0 Å². The lowest BCUT2D eigenvalue weighted by Gasteiger charge is -2.08. The number of nitriles is 1. The summed E-state index contributed by atoms with van der Waals surface area (Å²) < 4.78 is 2.96. The fourth-order valence-corrected chi connectivity index (χ4v) is 2.16. The van der Waals surface area contributed by atoms with Crippen molar-refractivity contribution in [2.75, 3.05) is 0 Å². The van der Waals surface area contributed by atoms with Gasteiger partial charge >= 0.3 is 0 Å². The Labute approximate surface area is 83.1 Å². The highest BCUT2D eigenvalue weighted by atomic mass is 32.1. The summed E-state index contributed by atoms with van der Waals surface area (Å²) in [5.41, 5.74) is 3.23. The average Bonchev–Trinajstić information content (AvgIpc) is 2.60. The van der Waals surface area contributed by atoms with E-state index in [9.17, 15) is 0 Å². The SMILES string of the molecule is N#Cc1cccc2c1CC[C@@H]2NS. The molecule has 0 radical (unpaired) electrons. The van der Waals surface area contributed by atoms with Crippen LogP contribution in [0, 0.1) is 11.3 Å². The van der Waals surface area contributed by atoms with E-state index in [1.165, 1.54) is 11.1 Å². The van der Waals surface area contributed by atoms with Gasteiger partial charge in [0.1, 0.15) is 0 Å². The maximum Gasteiger partial charge on any atom is 0.0994 e. The molecule has 0 unspecified atom stereocenters. The average molecular weight is 190 g/mol. The molecular formula is C10H10N2S. The Morgan fingerprint density at radius 1 is 1.54 bits per heavy atom. The van der Waals surface area contributed by atoms with Gasteiger partial charge in [-0.05, 0) is 30.0 Å². The molecule has 2 nitrogen and oxygen atoms in total. The third-order valence-electron chi connectivity index (χ3n) is 2.55. The normalized spacial score (nSPS) is 19.5. The molecule has 0 bridgehead atoms. The number of fused-ring (bicyclic) bond motifs is 1. The minimum Gasteiger partial charge on any atom is -0.259 e. The van der Waals surface area contributed by atoms with E-state index in [0.29, 0.717) is 6.04 Å². The van der Waals surface area contributed by atoms with Gasteiger partial charge in [-0.15, -0.1) is 0 Å². The predicted molar refractivity (Wildman–Crippen MR) is 54.3 cm³/mol. The van der Waals surface area contributed by atoms with Crippen LogP contribution in [0.2, 0.25) is 0 Å². The van der Waals surface area contributed by atoms with Crippen LogP contribution in [0.5, 0.6) is 0 Å². The third kappa shape index (κ3) is 1.32. The van der Waals surface area contributed by atoms with E-state index in [-0.39, 0.29) is 0 Å². The van der Waals surface area contributed by atoms with E-state index in [0.717, 1.165) is 18.4 Å². The Morgan fingerprint density at radius 2 is 2.38 bits per heavy atom. The topological polar surface area (TPSA) is 35.8 Å². The molecule has 0 saturated carbocycles. The molecule has 1 atom stereocenters. The summed E-state index contributed by atoms with van der Waals surface area (Å²) in [5, 5.41) is 8.87. The van der Waals surface area contributed by atoms with Gasteiger partial charge in [0.15, 0.2) is 0 Å². The summed E-state index contributed by atoms with van der Waals surface area (Å²) in [7, 11) is 0. The number of benzene rings is 1. The molecule has 1 aliphatic carbocycles. The number of thiol groups is 1. The molecule has 2 rings (SSSR count). The van der Waals surface area contributed by atoms with Crippen molar-refractivity contribution in [1.82, 2.24) is 4.72 Å². The number of rotatable bonds is 1. The van der Waals surface area contributed by atoms with E-state index in [1.807, 2.05) is 12.1 Å². The van der Waals surface area contributed by atoms with Gasteiger partial charge in [-0.3, -0.25) is 4.72 Å². The third-order valence-corrected chi connectivity index (χ3v) is 2.86. The molecule has 13 heavy (non-hydrogen) atoms. The zero-order valence-corrected chi connectivity index (χ0v) is 8.01. The van der Waals surface area contributed by atoms with Gasteiger partial charge in [0, 0.05) is 6.04 Å². The lowest BCUT2D eigenvalue weighted by atomic mass is 10.0. The molecule has 1 aromatic rings. The molecule has 1 aromatic carbocycles. The largest absolute Gasteiger partial charge is 0.259 e. The predicted octanol–water partition coefficient (Wildman–Crippen LogP) is 1.98. The standard InChI is InChI=1S/C10H10N2S/c11-6-7-2-1-3-9-8(7)4-5-10(9)12-13/h1-3,10,12-13H,4-5H2/t10-/m0/s1. The smallest absolute Gasteiger partial charge is 0.0994 e. The second kappa shape index (κ2) is 3.41. The van der Waals surface area contributed by atoms with Crippen molar-refractivity contribution < 1.29 is 0 Å². The van der Waals surface area contributed by atoms with Gasteiger partial charge in [-0.2, -0.15) is 5.26 Å². The minimum atomic E-state index is 0.312. The van der Waals surface area contributed by atoms with Crippen LogP contribution in [-0.4, -0.2) is 0 Å². The first-order chi connectivity index (χ1) is 6.36. The van der Waals surface area contributed by atoms with E-state index in [1.54, 1.807) is 0 Å². The molecule has 0 heterocycles. The van der Waals surface area contributed by atoms with Crippen LogP contribution >= 0.6 is 12.8 Å². The van der Waals surface area contributed by atoms with Crippen LogP contribution in [0.1, 0.15) is 29.2 Å². The van der Waals surface area contributed by atoms with Crippen LogP contribution in [0.4, 0.5) is 0 Å². The van der Waals surface area contributed by atoms with Crippen LogP contribution in [-0.2, 0) is 6.42 Å². The van der Waals surface area contributed by atoms with Crippen molar-refractivity contribution in [2.45, 2.75) is 18.9 Å².